The Morgan fingerprint density at radius 1 is 1.03 bits per heavy atom. The third kappa shape index (κ3) is 8.92. The Bertz CT molecular complexity index is 1270. The van der Waals surface area contributed by atoms with E-state index in [-0.39, 0.29) is 42.6 Å². The highest BCUT2D eigenvalue weighted by Gasteiger charge is 2.31. The number of ether oxygens (including phenoxy) is 1. The van der Waals surface area contributed by atoms with Gasteiger partial charge in [-0.1, -0.05) is 18.2 Å². The topological polar surface area (TPSA) is 107 Å². The van der Waals surface area contributed by atoms with E-state index >= 15 is 0 Å². The molecular weight excluding hydrogens is 485 g/mol. The molecule has 0 fully saturated rings. The van der Waals surface area contributed by atoms with Crippen molar-refractivity contribution in [1.29, 1.82) is 0 Å². The summed E-state index contributed by atoms with van der Waals surface area (Å²) in [6.07, 6.45) is -1.30. The molecule has 0 saturated carbocycles. The molecule has 1 amide bonds. The molecule has 0 spiro atoms. The first kappa shape index (κ1) is 27.1. The van der Waals surface area contributed by atoms with Crippen LogP contribution in [-0.4, -0.2) is 35.3 Å². The highest BCUT2D eigenvalue weighted by atomic mass is 19.4. The van der Waals surface area contributed by atoms with E-state index in [4.69, 9.17) is 5.73 Å². The van der Waals surface area contributed by atoms with Gasteiger partial charge in [0.05, 0.1) is 18.0 Å². The van der Waals surface area contributed by atoms with E-state index in [9.17, 15) is 22.8 Å². The lowest BCUT2D eigenvalue weighted by Gasteiger charge is -2.10. The number of amides is 1. The third-order valence-corrected chi connectivity index (χ3v) is 5.05. The molecule has 37 heavy (non-hydrogen) atoms. The standard InChI is InChI=1S/C27H25F3N4O3/c1-18(35)13-15-33-26(36)21-7-5-19(6-8-21)17-34-25(24-4-2-3-14-32-24)16-23(31)20-9-11-22(12-10-20)37-27(28,29)30/h2-12,14,16H,13,15,17,31H2,1H3,(H,33,36). The number of allylic oxidation sites excluding steroid dienone is 1. The van der Waals surface area contributed by atoms with Gasteiger partial charge in [-0.05, 0) is 72.7 Å². The fourth-order valence-electron chi connectivity index (χ4n) is 3.19. The normalized spacial score (nSPS) is 12.2. The van der Waals surface area contributed by atoms with Gasteiger partial charge >= 0.3 is 6.36 Å². The zero-order valence-electron chi connectivity index (χ0n) is 20.0. The van der Waals surface area contributed by atoms with Crippen LogP contribution in [0.5, 0.6) is 5.75 Å². The second-order valence-electron chi connectivity index (χ2n) is 7.99. The minimum absolute atomic E-state index is 0.000564. The fourth-order valence-corrected chi connectivity index (χ4v) is 3.19. The first-order valence-corrected chi connectivity index (χ1v) is 11.3. The Balaban J connectivity index is 1.76. The van der Waals surface area contributed by atoms with E-state index in [1.165, 1.54) is 31.2 Å². The molecule has 0 unspecified atom stereocenters. The highest BCUT2D eigenvalue weighted by molar-refractivity contribution is 6.10. The van der Waals surface area contributed by atoms with Crippen molar-refractivity contribution in [3.63, 3.8) is 0 Å². The summed E-state index contributed by atoms with van der Waals surface area (Å²) in [6.45, 7) is 2.01. The van der Waals surface area contributed by atoms with Crippen molar-refractivity contribution in [3.05, 3.63) is 101 Å². The van der Waals surface area contributed by atoms with Gasteiger partial charge in [0.1, 0.15) is 11.5 Å². The number of hydrogen-bond donors (Lipinski definition) is 2. The van der Waals surface area contributed by atoms with Gasteiger partial charge in [-0.2, -0.15) is 0 Å². The number of nitrogens with two attached hydrogens (primary N) is 1. The number of nitrogens with one attached hydrogen (secondary N) is 1. The Morgan fingerprint density at radius 2 is 1.70 bits per heavy atom. The molecule has 7 nitrogen and oxygen atoms in total. The lowest BCUT2D eigenvalue weighted by Crippen LogP contribution is -2.25. The van der Waals surface area contributed by atoms with Crippen LogP contribution in [0.25, 0.3) is 5.70 Å². The number of aromatic nitrogens is 1. The van der Waals surface area contributed by atoms with Gasteiger partial charge in [0, 0.05) is 30.4 Å². The van der Waals surface area contributed by atoms with E-state index < -0.39 is 6.36 Å². The molecule has 0 bridgehead atoms. The van der Waals surface area contributed by atoms with Gasteiger partial charge in [0.15, 0.2) is 0 Å². The molecule has 0 saturated heterocycles. The maximum atomic E-state index is 12.4. The SMILES string of the molecule is CC(=O)CCNC(=O)c1ccc(CN=C(C=C(N)c2ccc(OC(F)(F)F)cc2)c2ccccn2)cc1. The Kier molecular flexibility index (Phi) is 9.15. The minimum Gasteiger partial charge on any atom is -0.406 e. The number of nitrogens with zero attached hydrogens (tertiary/aromatic N) is 2. The second kappa shape index (κ2) is 12.5. The molecular formula is C27H25F3N4O3. The summed E-state index contributed by atoms with van der Waals surface area (Å²) in [4.78, 5) is 32.2. The molecule has 0 atom stereocenters. The number of alkyl halides is 3. The monoisotopic (exact) mass is 510 g/mol. The van der Waals surface area contributed by atoms with Gasteiger partial charge in [-0.15, -0.1) is 13.2 Å². The van der Waals surface area contributed by atoms with E-state index in [0.29, 0.717) is 22.5 Å². The van der Waals surface area contributed by atoms with E-state index in [1.54, 1.807) is 54.7 Å². The number of rotatable bonds is 10. The minimum atomic E-state index is -4.78. The molecule has 0 aliphatic rings. The van der Waals surface area contributed by atoms with Gasteiger partial charge in [0.25, 0.3) is 5.91 Å². The number of carbonyl (C=O) groups is 2. The average Bonchev–Trinajstić information content (AvgIpc) is 2.86. The van der Waals surface area contributed by atoms with E-state index in [0.717, 1.165) is 5.56 Å². The molecule has 10 heteroatoms. The van der Waals surface area contributed by atoms with Crippen LogP contribution < -0.4 is 15.8 Å². The van der Waals surface area contributed by atoms with Crippen molar-refractivity contribution in [2.24, 2.45) is 10.7 Å². The predicted octanol–water partition coefficient (Wildman–Crippen LogP) is 4.68. The number of Topliss-reactive ketones (excluding diaryl/α,β-unsaturated/α-hetero) is 1. The maximum Gasteiger partial charge on any atom is 0.573 e. The average molecular weight is 511 g/mol. The van der Waals surface area contributed by atoms with Crippen molar-refractivity contribution in [2.45, 2.75) is 26.3 Å². The van der Waals surface area contributed by atoms with Crippen LogP contribution >= 0.6 is 0 Å². The van der Waals surface area contributed by atoms with Crippen LogP contribution in [0.2, 0.25) is 0 Å². The molecule has 2 aromatic carbocycles. The number of hydrogen-bond acceptors (Lipinski definition) is 6. The van der Waals surface area contributed by atoms with E-state index in [2.05, 4.69) is 20.0 Å². The molecule has 1 aromatic heterocycles. The number of pyridine rings is 1. The summed E-state index contributed by atoms with van der Waals surface area (Å²) in [6, 6.07) is 17.4. The number of ketones is 1. The van der Waals surface area contributed by atoms with Crippen molar-refractivity contribution < 1.29 is 27.5 Å². The smallest absolute Gasteiger partial charge is 0.406 e. The second-order valence-corrected chi connectivity index (χ2v) is 7.99. The van der Waals surface area contributed by atoms with Gasteiger partial charge in [0.2, 0.25) is 0 Å². The Labute approximate surface area is 211 Å². The van der Waals surface area contributed by atoms with Crippen molar-refractivity contribution in [1.82, 2.24) is 10.3 Å². The largest absolute Gasteiger partial charge is 0.573 e. The molecule has 192 valence electrons. The first-order chi connectivity index (χ1) is 17.6. The highest BCUT2D eigenvalue weighted by Crippen LogP contribution is 2.24. The van der Waals surface area contributed by atoms with Crippen LogP contribution in [0.15, 0.2) is 84.0 Å². The van der Waals surface area contributed by atoms with E-state index in [1.807, 2.05) is 0 Å². The molecule has 3 rings (SSSR count). The predicted molar refractivity (Wildman–Crippen MR) is 134 cm³/mol. The Morgan fingerprint density at radius 3 is 2.30 bits per heavy atom. The lowest BCUT2D eigenvalue weighted by atomic mass is 10.1. The lowest BCUT2D eigenvalue weighted by molar-refractivity contribution is -0.274. The van der Waals surface area contributed by atoms with Crippen molar-refractivity contribution in [3.8, 4) is 5.75 Å². The fraction of sp³-hybridized carbons (Fsp3) is 0.185. The van der Waals surface area contributed by atoms with Crippen LogP contribution in [0.3, 0.4) is 0 Å². The zero-order valence-corrected chi connectivity index (χ0v) is 20.0. The van der Waals surface area contributed by atoms with Gasteiger partial charge in [-0.25, -0.2) is 0 Å². The van der Waals surface area contributed by atoms with Gasteiger partial charge in [-0.3, -0.25) is 19.6 Å². The summed E-state index contributed by atoms with van der Waals surface area (Å²) < 4.78 is 41.1. The van der Waals surface area contributed by atoms with Crippen molar-refractivity contribution in [2.75, 3.05) is 6.54 Å². The Hall–Kier alpha value is -4.47. The van der Waals surface area contributed by atoms with Crippen molar-refractivity contribution >= 4 is 23.1 Å². The zero-order chi connectivity index (χ0) is 26.8. The van der Waals surface area contributed by atoms with Crippen LogP contribution in [0.4, 0.5) is 13.2 Å². The maximum absolute atomic E-state index is 12.4. The van der Waals surface area contributed by atoms with Crippen LogP contribution in [0, 0.1) is 0 Å². The molecule has 1 heterocycles. The summed E-state index contributed by atoms with van der Waals surface area (Å²) in [5.41, 5.74) is 9.30. The molecule has 0 aliphatic carbocycles. The molecule has 0 aliphatic heterocycles. The number of aliphatic imine (C=N–C) groups is 1. The summed E-state index contributed by atoms with van der Waals surface area (Å²) in [5.74, 6) is -0.620. The summed E-state index contributed by atoms with van der Waals surface area (Å²) in [5, 5.41) is 2.69. The summed E-state index contributed by atoms with van der Waals surface area (Å²) in [7, 11) is 0. The number of carbonyl (C=O) groups excluding carboxylic acids is 2. The first-order valence-electron chi connectivity index (χ1n) is 11.3. The molecule has 3 aromatic rings. The quantitative estimate of drug-likeness (QED) is 0.385. The van der Waals surface area contributed by atoms with Crippen LogP contribution in [0.1, 0.15) is 40.5 Å². The molecule has 0 radical (unpaired) electrons. The van der Waals surface area contributed by atoms with Crippen LogP contribution in [-0.2, 0) is 11.3 Å². The van der Waals surface area contributed by atoms with Gasteiger partial charge < -0.3 is 15.8 Å². The third-order valence-electron chi connectivity index (χ3n) is 5.05. The molecule has 3 N–H and O–H groups in total. The number of benzene rings is 2. The summed E-state index contributed by atoms with van der Waals surface area (Å²) >= 11 is 0. The number of halogens is 3.